The van der Waals surface area contributed by atoms with E-state index in [4.69, 9.17) is 15.0 Å². The van der Waals surface area contributed by atoms with Gasteiger partial charge >= 0.3 is 0 Å². The summed E-state index contributed by atoms with van der Waals surface area (Å²) in [6, 6.07) is 103. The van der Waals surface area contributed by atoms with Crippen molar-refractivity contribution >= 4 is 87.2 Å². The molecule has 5 aromatic heterocycles. The molecular weight excluding hydrogens is 999 g/mol. The Balaban J connectivity index is 0.978. The Bertz CT molecular complexity index is 5320. The fraction of sp³-hybridized carbons (Fsp3) is 0. The Labute approximate surface area is 471 Å². The number of hydrogen-bond acceptors (Lipinski definition) is 3. The second-order valence-electron chi connectivity index (χ2n) is 21.1. The van der Waals surface area contributed by atoms with Crippen molar-refractivity contribution in [3.63, 3.8) is 0 Å². The number of nitrogens with zero attached hydrogens (tertiary/aromatic N) is 7. The molecule has 0 amide bonds. The number of para-hydroxylation sites is 7. The molecule has 17 aromatic rings. The second-order valence-corrected chi connectivity index (χ2v) is 21.1. The largest absolute Gasteiger partial charge is 0.309 e. The molecule has 0 aliphatic carbocycles. The number of aromatic nitrogens is 7. The van der Waals surface area contributed by atoms with Gasteiger partial charge in [-0.1, -0.05) is 200 Å². The first kappa shape index (κ1) is 45.8. The third-order valence-corrected chi connectivity index (χ3v) is 16.6. The van der Waals surface area contributed by atoms with Crippen molar-refractivity contribution in [3.8, 4) is 68.0 Å². The van der Waals surface area contributed by atoms with E-state index in [0.29, 0.717) is 17.5 Å². The highest BCUT2D eigenvalue weighted by Crippen LogP contribution is 2.46. The van der Waals surface area contributed by atoms with E-state index < -0.39 is 0 Å². The molecule has 0 N–H and O–H groups in total. The van der Waals surface area contributed by atoms with Gasteiger partial charge in [0.1, 0.15) is 0 Å². The van der Waals surface area contributed by atoms with Crippen LogP contribution in [-0.4, -0.2) is 33.2 Å². The molecule has 5 heterocycles. The van der Waals surface area contributed by atoms with Gasteiger partial charge in [0.2, 0.25) is 0 Å². The summed E-state index contributed by atoms with van der Waals surface area (Å²) >= 11 is 0. The number of benzene rings is 12. The molecule has 0 saturated carbocycles. The van der Waals surface area contributed by atoms with Gasteiger partial charge in [0, 0.05) is 82.3 Å². The van der Waals surface area contributed by atoms with E-state index in [1.165, 1.54) is 48.6 Å². The summed E-state index contributed by atoms with van der Waals surface area (Å²) in [5.41, 5.74) is 18.2. The molecule has 0 fully saturated rings. The van der Waals surface area contributed by atoms with Gasteiger partial charge in [-0.2, -0.15) is 0 Å². The van der Waals surface area contributed by atoms with Gasteiger partial charge < -0.3 is 18.3 Å². The van der Waals surface area contributed by atoms with Crippen LogP contribution in [0.5, 0.6) is 0 Å². The predicted octanol–water partition coefficient (Wildman–Crippen LogP) is 18.9. The molecule has 0 atom stereocenters. The number of hydrogen-bond donors (Lipinski definition) is 0. The lowest BCUT2D eigenvalue weighted by molar-refractivity contribution is 1.07. The highest BCUT2D eigenvalue weighted by atomic mass is 15.1. The molecule has 382 valence electrons. The van der Waals surface area contributed by atoms with Gasteiger partial charge in [-0.15, -0.1) is 0 Å². The summed E-state index contributed by atoms with van der Waals surface area (Å²) < 4.78 is 9.80. The van der Waals surface area contributed by atoms with Crippen LogP contribution >= 0.6 is 0 Å². The summed E-state index contributed by atoms with van der Waals surface area (Å²) in [4.78, 5) is 15.7. The molecule has 7 nitrogen and oxygen atoms in total. The maximum absolute atomic E-state index is 5.31. The van der Waals surface area contributed by atoms with Crippen molar-refractivity contribution in [2.24, 2.45) is 0 Å². The third kappa shape index (κ3) is 7.00. The monoisotopic (exact) mass is 1050 g/mol. The summed E-state index contributed by atoms with van der Waals surface area (Å²) in [6.07, 6.45) is 0. The Morgan fingerprint density at radius 2 is 0.524 bits per heavy atom. The first-order valence-corrected chi connectivity index (χ1v) is 27.9. The SMILES string of the molecule is c1ccc(-c2nc(-c3ccccc3)nc(-c3ccc(-c4ccccc4-n4c5ccccc5c5cc6c7ccccc7n(-c7ccccc7)c6cc54)c(-n4c5ccccc5c5cc6c7ccccc7n(-c7ccccc7)c6cc54)c3)n2)cc1. The van der Waals surface area contributed by atoms with Crippen LogP contribution in [0, 0.1) is 0 Å². The summed E-state index contributed by atoms with van der Waals surface area (Å²) in [5, 5.41) is 9.58. The van der Waals surface area contributed by atoms with E-state index >= 15 is 0 Å². The lowest BCUT2D eigenvalue weighted by atomic mass is 9.98. The minimum Gasteiger partial charge on any atom is -0.309 e. The third-order valence-electron chi connectivity index (χ3n) is 16.6. The molecule has 82 heavy (non-hydrogen) atoms. The first-order valence-electron chi connectivity index (χ1n) is 27.9. The maximum atomic E-state index is 5.31. The molecule has 0 radical (unpaired) electrons. The normalized spacial score (nSPS) is 11.9. The van der Waals surface area contributed by atoms with Gasteiger partial charge in [-0.05, 0) is 84.9 Å². The number of fused-ring (bicyclic) bond motifs is 12. The van der Waals surface area contributed by atoms with E-state index in [2.05, 4.69) is 267 Å². The predicted molar refractivity (Wildman–Crippen MR) is 339 cm³/mol. The van der Waals surface area contributed by atoms with Gasteiger partial charge in [0.05, 0.1) is 55.5 Å². The average molecular weight is 1050 g/mol. The molecule has 0 unspecified atom stereocenters. The lowest BCUT2D eigenvalue weighted by Gasteiger charge is -2.20. The molecule has 17 rings (SSSR count). The Hall–Kier alpha value is -11.2. The van der Waals surface area contributed by atoms with E-state index in [1.54, 1.807) is 0 Å². The van der Waals surface area contributed by atoms with Gasteiger partial charge in [0.15, 0.2) is 17.5 Å². The Morgan fingerprint density at radius 1 is 0.195 bits per heavy atom. The van der Waals surface area contributed by atoms with Crippen LogP contribution in [0.1, 0.15) is 0 Å². The summed E-state index contributed by atoms with van der Waals surface area (Å²) in [5.74, 6) is 1.81. The van der Waals surface area contributed by atoms with Crippen LogP contribution in [0.2, 0.25) is 0 Å². The van der Waals surface area contributed by atoms with Gasteiger partial charge in [-0.25, -0.2) is 15.0 Å². The quantitative estimate of drug-likeness (QED) is 0.152. The minimum atomic E-state index is 0.585. The zero-order valence-electron chi connectivity index (χ0n) is 44.3. The fourth-order valence-corrected chi connectivity index (χ4v) is 13.0. The highest BCUT2D eigenvalue weighted by Gasteiger charge is 2.25. The van der Waals surface area contributed by atoms with Crippen molar-refractivity contribution < 1.29 is 0 Å². The van der Waals surface area contributed by atoms with Crippen molar-refractivity contribution in [2.45, 2.75) is 0 Å². The van der Waals surface area contributed by atoms with Crippen LogP contribution in [0.25, 0.3) is 155 Å². The second kappa shape index (κ2) is 18.2. The standard InChI is InChI=1S/C75H47N7/c1-5-23-48(24-6-1)73-76-74(49-25-7-2-8-26-49)78-75(77-73)50-41-42-58(68(43-50)82-67-40-22-17-35-57(67)62-45-60-55-33-15-19-37-64(55)80(70(60)47-72(62)82)52-29-11-4-12-30-52)53-31-13-20-38-65(53)81-66-39-21-16-34-56(66)61-44-59-54-32-14-18-36-63(54)79(69(59)46-71(61)81)51-27-9-3-10-28-51/h1-47H. The zero-order valence-corrected chi connectivity index (χ0v) is 44.3. The average Bonchev–Trinajstić information content (AvgIpc) is 2.72. The highest BCUT2D eigenvalue weighted by molar-refractivity contribution is 6.21. The summed E-state index contributed by atoms with van der Waals surface area (Å²) in [7, 11) is 0. The molecule has 0 spiro atoms. The van der Waals surface area contributed by atoms with Crippen LogP contribution in [0.15, 0.2) is 285 Å². The van der Waals surface area contributed by atoms with Crippen LogP contribution in [-0.2, 0) is 0 Å². The van der Waals surface area contributed by atoms with Crippen molar-refractivity contribution in [2.75, 3.05) is 0 Å². The first-order chi connectivity index (χ1) is 40.7. The molecule has 0 aliphatic rings. The molecule has 0 saturated heterocycles. The van der Waals surface area contributed by atoms with Crippen molar-refractivity contribution in [1.82, 2.24) is 33.2 Å². The van der Waals surface area contributed by atoms with Crippen molar-refractivity contribution in [3.05, 3.63) is 285 Å². The summed E-state index contributed by atoms with van der Waals surface area (Å²) in [6.45, 7) is 0. The van der Waals surface area contributed by atoms with Crippen molar-refractivity contribution in [1.29, 1.82) is 0 Å². The number of rotatable bonds is 8. The maximum Gasteiger partial charge on any atom is 0.164 e. The Kier molecular flexibility index (Phi) is 10.2. The molecule has 0 bridgehead atoms. The fourth-order valence-electron chi connectivity index (χ4n) is 13.0. The van der Waals surface area contributed by atoms with Crippen LogP contribution < -0.4 is 0 Å². The lowest BCUT2D eigenvalue weighted by Crippen LogP contribution is -2.04. The van der Waals surface area contributed by atoms with E-state index in [0.717, 1.165) is 89.2 Å². The van der Waals surface area contributed by atoms with Gasteiger partial charge in [0.25, 0.3) is 0 Å². The minimum absolute atomic E-state index is 0.585. The topological polar surface area (TPSA) is 58.4 Å². The molecule has 12 aromatic carbocycles. The molecule has 7 heteroatoms. The van der Waals surface area contributed by atoms with E-state index in [-0.39, 0.29) is 0 Å². The van der Waals surface area contributed by atoms with Crippen LogP contribution in [0.4, 0.5) is 0 Å². The molecule has 0 aliphatic heterocycles. The van der Waals surface area contributed by atoms with Gasteiger partial charge in [-0.3, -0.25) is 0 Å². The van der Waals surface area contributed by atoms with Crippen LogP contribution in [0.3, 0.4) is 0 Å². The smallest absolute Gasteiger partial charge is 0.164 e. The molecular formula is C75H47N7. The Morgan fingerprint density at radius 3 is 0.976 bits per heavy atom. The van der Waals surface area contributed by atoms with E-state index in [9.17, 15) is 0 Å². The zero-order chi connectivity index (χ0) is 53.8. The van der Waals surface area contributed by atoms with E-state index in [1.807, 2.05) is 36.4 Å².